The molecule has 2 rings (SSSR count). The molecule has 0 unspecified atom stereocenters. The molecule has 1 aromatic rings. The molecule has 0 aliphatic heterocycles. The van der Waals surface area contributed by atoms with E-state index in [1.165, 1.54) is 18.4 Å². The molecule has 0 saturated heterocycles. The molecule has 1 fully saturated rings. The highest BCUT2D eigenvalue weighted by molar-refractivity contribution is 7.16. The largest absolute Gasteiger partial charge is 0.481 e. The van der Waals surface area contributed by atoms with Crippen LogP contribution in [-0.4, -0.2) is 30.1 Å². The van der Waals surface area contributed by atoms with Crippen molar-refractivity contribution in [2.45, 2.75) is 39.5 Å². The zero-order valence-corrected chi connectivity index (χ0v) is 14.3. The van der Waals surface area contributed by atoms with E-state index in [1.807, 2.05) is 6.92 Å². The zero-order chi connectivity index (χ0) is 17.1. The molecule has 0 radical (unpaired) electrons. The van der Waals surface area contributed by atoms with Gasteiger partial charge in [0.25, 0.3) is 0 Å². The summed E-state index contributed by atoms with van der Waals surface area (Å²) in [4.78, 5) is 36.7. The molecule has 1 aromatic heterocycles. The molecule has 2 N–H and O–H groups in total. The molecule has 23 heavy (non-hydrogen) atoms. The Morgan fingerprint density at radius 3 is 2.35 bits per heavy atom. The van der Waals surface area contributed by atoms with Gasteiger partial charge in [0.15, 0.2) is 0 Å². The van der Waals surface area contributed by atoms with E-state index in [1.54, 1.807) is 6.92 Å². The number of hydrogen-bond acceptors (Lipinski definition) is 5. The molecule has 6 nitrogen and oxygen atoms in total. The van der Waals surface area contributed by atoms with Gasteiger partial charge < -0.3 is 15.2 Å². The summed E-state index contributed by atoms with van der Waals surface area (Å²) in [5.41, 5.74) is 1.13. The van der Waals surface area contributed by atoms with Gasteiger partial charge in [-0.2, -0.15) is 0 Å². The highest BCUT2D eigenvalue weighted by Gasteiger charge is 2.36. The van der Waals surface area contributed by atoms with E-state index < -0.39 is 23.8 Å². The van der Waals surface area contributed by atoms with E-state index in [9.17, 15) is 19.5 Å². The highest BCUT2D eigenvalue weighted by Crippen LogP contribution is 2.36. The summed E-state index contributed by atoms with van der Waals surface area (Å²) in [5, 5.41) is 12.5. The summed E-state index contributed by atoms with van der Waals surface area (Å²) < 4.78 is 4.78. The van der Waals surface area contributed by atoms with Crippen molar-refractivity contribution >= 4 is 34.2 Å². The second-order valence-corrected chi connectivity index (χ2v) is 7.03. The molecular weight excluding hydrogens is 318 g/mol. The van der Waals surface area contributed by atoms with Crippen molar-refractivity contribution in [3.05, 3.63) is 16.0 Å². The fourth-order valence-corrected chi connectivity index (χ4v) is 4.06. The van der Waals surface area contributed by atoms with Gasteiger partial charge in [-0.3, -0.25) is 9.59 Å². The molecule has 1 saturated carbocycles. The lowest BCUT2D eigenvalue weighted by atomic mass is 9.79. The maximum Gasteiger partial charge on any atom is 0.341 e. The molecule has 1 heterocycles. The summed E-state index contributed by atoms with van der Waals surface area (Å²) in [5.74, 6) is -2.98. The van der Waals surface area contributed by atoms with Gasteiger partial charge in [-0.1, -0.05) is 12.8 Å². The van der Waals surface area contributed by atoms with Gasteiger partial charge in [0, 0.05) is 4.88 Å². The first kappa shape index (κ1) is 17.5. The van der Waals surface area contributed by atoms with Gasteiger partial charge in [0.1, 0.15) is 5.00 Å². The van der Waals surface area contributed by atoms with Crippen molar-refractivity contribution in [2.24, 2.45) is 11.8 Å². The second kappa shape index (κ2) is 7.12. The number of amides is 1. The molecule has 7 heteroatoms. The van der Waals surface area contributed by atoms with Gasteiger partial charge in [-0.05, 0) is 32.3 Å². The van der Waals surface area contributed by atoms with E-state index in [2.05, 4.69) is 5.32 Å². The Hall–Kier alpha value is -1.89. The minimum absolute atomic E-state index is 0.330. The van der Waals surface area contributed by atoms with Crippen LogP contribution in [0.3, 0.4) is 0 Å². The Balaban J connectivity index is 2.24. The lowest BCUT2D eigenvalue weighted by Crippen LogP contribution is -2.36. The van der Waals surface area contributed by atoms with Gasteiger partial charge in [-0.15, -0.1) is 11.3 Å². The fraction of sp³-hybridized carbons (Fsp3) is 0.562. The molecular formula is C16H21NO5S. The van der Waals surface area contributed by atoms with Gasteiger partial charge >= 0.3 is 11.9 Å². The quantitative estimate of drug-likeness (QED) is 0.823. The molecule has 1 aliphatic rings. The predicted octanol–water partition coefficient (Wildman–Crippen LogP) is 2.98. The maximum atomic E-state index is 12.5. The number of thiophene rings is 1. The summed E-state index contributed by atoms with van der Waals surface area (Å²) in [6, 6.07) is 0. The second-order valence-electron chi connectivity index (χ2n) is 5.80. The van der Waals surface area contributed by atoms with Crippen molar-refractivity contribution in [1.29, 1.82) is 0 Å². The lowest BCUT2D eigenvalue weighted by Gasteiger charge is -2.27. The van der Waals surface area contributed by atoms with E-state index in [0.29, 0.717) is 23.4 Å². The van der Waals surface area contributed by atoms with Crippen LogP contribution in [0.1, 0.15) is 46.5 Å². The maximum absolute atomic E-state index is 12.5. The number of carbonyl (C=O) groups is 3. The molecule has 0 aromatic carbocycles. The van der Waals surface area contributed by atoms with Crippen molar-refractivity contribution < 1.29 is 24.2 Å². The Bertz CT molecular complexity index is 637. The van der Waals surface area contributed by atoms with Crippen LogP contribution in [0.2, 0.25) is 0 Å². The zero-order valence-electron chi connectivity index (χ0n) is 13.5. The molecule has 1 aliphatic carbocycles. The molecule has 0 bridgehead atoms. The van der Waals surface area contributed by atoms with Crippen LogP contribution in [0.25, 0.3) is 0 Å². The lowest BCUT2D eigenvalue weighted by molar-refractivity contribution is -0.147. The number of carbonyl (C=O) groups excluding carboxylic acids is 2. The van der Waals surface area contributed by atoms with Gasteiger partial charge in [0.2, 0.25) is 5.91 Å². The predicted molar refractivity (Wildman–Crippen MR) is 86.8 cm³/mol. The Morgan fingerprint density at radius 2 is 1.78 bits per heavy atom. The number of aliphatic carboxylic acids is 1. The number of nitrogens with one attached hydrogen (secondary N) is 1. The van der Waals surface area contributed by atoms with Crippen molar-refractivity contribution in [3.63, 3.8) is 0 Å². The minimum Gasteiger partial charge on any atom is -0.481 e. The number of carboxylic acid groups (broad SMARTS) is 1. The van der Waals surface area contributed by atoms with Crippen LogP contribution in [-0.2, 0) is 14.3 Å². The SMILES string of the molecule is COC(=O)c1c(NC(=O)[C@H]2CCCC[C@H]2C(=O)O)sc(C)c1C. The summed E-state index contributed by atoms with van der Waals surface area (Å²) in [6.07, 6.45) is 2.74. The average Bonchev–Trinajstić information content (AvgIpc) is 2.80. The molecule has 1 amide bonds. The third-order valence-corrected chi connectivity index (χ3v) is 5.55. The number of methoxy groups -OCH3 is 1. The third kappa shape index (κ3) is 3.55. The first-order chi connectivity index (χ1) is 10.9. The van der Waals surface area contributed by atoms with Gasteiger partial charge in [0.05, 0.1) is 24.5 Å². The number of hydrogen-bond donors (Lipinski definition) is 2. The highest BCUT2D eigenvalue weighted by atomic mass is 32.1. The number of aryl methyl sites for hydroxylation is 1. The number of rotatable bonds is 4. The average molecular weight is 339 g/mol. The van der Waals surface area contributed by atoms with Crippen LogP contribution in [0.15, 0.2) is 0 Å². The topological polar surface area (TPSA) is 92.7 Å². The molecule has 126 valence electrons. The number of ether oxygens (including phenoxy) is 1. The Kier molecular flexibility index (Phi) is 5.41. The molecule has 0 spiro atoms. The van der Waals surface area contributed by atoms with Crippen LogP contribution >= 0.6 is 11.3 Å². The van der Waals surface area contributed by atoms with Crippen molar-refractivity contribution in [1.82, 2.24) is 0 Å². The van der Waals surface area contributed by atoms with E-state index in [4.69, 9.17) is 4.74 Å². The van der Waals surface area contributed by atoms with Crippen LogP contribution in [0.4, 0.5) is 5.00 Å². The summed E-state index contributed by atoms with van der Waals surface area (Å²) >= 11 is 1.31. The minimum atomic E-state index is -0.934. The third-order valence-electron chi connectivity index (χ3n) is 4.43. The number of carboxylic acids is 1. The molecule has 2 atom stereocenters. The van der Waals surface area contributed by atoms with E-state index in [0.717, 1.165) is 23.3 Å². The van der Waals surface area contributed by atoms with Crippen molar-refractivity contribution in [2.75, 3.05) is 12.4 Å². The van der Waals surface area contributed by atoms with E-state index >= 15 is 0 Å². The fourth-order valence-electron chi connectivity index (χ4n) is 3.01. The first-order valence-electron chi connectivity index (χ1n) is 7.58. The number of anilines is 1. The Labute approximate surface area is 138 Å². The number of esters is 1. The van der Waals surface area contributed by atoms with Gasteiger partial charge in [-0.25, -0.2) is 4.79 Å². The smallest absolute Gasteiger partial charge is 0.341 e. The standard InChI is InChI=1S/C16H21NO5S/c1-8-9(2)23-14(12(8)16(21)22-3)17-13(18)10-6-4-5-7-11(10)15(19)20/h10-11H,4-7H2,1-3H3,(H,17,18)(H,19,20)/t10-,11+/m0/s1. The van der Waals surface area contributed by atoms with Crippen molar-refractivity contribution in [3.8, 4) is 0 Å². The van der Waals surface area contributed by atoms with E-state index in [-0.39, 0.29) is 5.91 Å². The Morgan fingerprint density at radius 1 is 1.17 bits per heavy atom. The summed E-state index contributed by atoms with van der Waals surface area (Å²) in [7, 11) is 1.29. The first-order valence-corrected chi connectivity index (χ1v) is 8.40. The monoisotopic (exact) mass is 339 g/mol. The van der Waals surface area contributed by atoms with Crippen LogP contribution < -0.4 is 5.32 Å². The van der Waals surface area contributed by atoms with Crippen LogP contribution in [0, 0.1) is 25.7 Å². The summed E-state index contributed by atoms with van der Waals surface area (Å²) in [6.45, 7) is 3.66. The van der Waals surface area contributed by atoms with Crippen LogP contribution in [0.5, 0.6) is 0 Å². The normalized spacial score (nSPS) is 20.8.